The quantitative estimate of drug-likeness (QED) is 0.590. The Hall–Kier alpha value is -1.51. The highest BCUT2D eigenvalue weighted by atomic mass is 16.7. The first-order valence-corrected chi connectivity index (χ1v) is 5.84. The molecule has 0 aliphatic carbocycles. The normalized spacial score (nSPS) is 20.7. The van der Waals surface area contributed by atoms with Crippen molar-refractivity contribution in [2.45, 2.75) is 38.9 Å². The number of hydrogen-bond acceptors (Lipinski definition) is 4. The molecule has 1 fully saturated rings. The second-order valence-electron chi connectivity index (χ2n) is 5.43. The molecule has 1 saturated heterocycles. The fourth-order valence-electron chi connectivity index (χ4n) is 1.73. The largest absolute Gasteiger partial charge is 0.498 e. The molecule has 0 saturated carbocycles. The first kappa shape index (κ1) is 12.9. The van der Waals surface area contributed by atoms with Crippen molar-refractivity contribution in [1.29, 1.82) is 0 Å². The van der Waals surface area contributed by atoms with Crippen LogP contribution >= 0.6 is 0 Å². The van der Waals surface area contributed by atoms with Crippen LogP contribution in [0.3, 0.4) is 0 Å². The third-order valence-corrected chi connectivity index (χ3v) is 3.62. The van der Waals surface area contributed by atoms with Gasteiger partial charge in [0.25, 0.3) is 0 Å². The zero-order chi connectivity index (χ0) is 13.6. The molecular weight excluding hydrogens is 227 g/mol. The van der Waals surface area contributed by atoms with Gasteiger partial charge >= 0.3 is 7.12 Å². The van der Waals surface area contributed by atoms with Gasteiger partial charge in [-0.05, 0) is 33.8 Å². The molecule has 1 aromatic heterocycles. The summed E-state index contributed by atoms with van der Waals surface area (Å²) >= 11 is 0. The van der Waals surface area contributed by atoms with Crippen LogP contribution in [0.4, 0.5) is 5.69 Å². The van der Waals surface area contributed by atoms with Crippen molar-refractivity contribution in [2.75, 3.05) is 5.73 Å². The van der Waals surface area contributed by atoms with Gasteiger partial charge in [-0.1, -0.05) is 5.92 Å². The Morgan fingerprint density at radius 3 is 2.28 bits per heavy atom. The first-order chi connectivity index (χ1) is 8.27. The Morgan fingerprint density at radius 2 is 1.83 bits per heavy atom. The Labute approximate surface area is 108 Å². The number of pyridine rings is 1. The molecule has 2 rings (SSSR count). The van der Waals surface area contributed by atoms with Gasteiger partial charge in [-0.3, -0.25) is 0 Å². The van der Waals surface area contributed by atoms with Crippen molar-refractivity contribution in [3.8, 4) is 12.3 Å². The number of rotatable bonds is 1. The third-order valence-electron chi connectivity index (χ3n) is 3.62. The maximum absolute atomic E-state index is 5.96. The molecule has 18 heavy (non-hydrogen) atoms. The van der Waals surface area contributed by atoms with Crippen molar-refractivity contribution in [3.05, 3.63) is 18.0 Å². The number of nitrogens with zero attached hydrogens (tertiary/aromatic N) is 1. The minimum absolute atomic E-state index is 0.394. The van der Waals surface area contributed by atoms with Crippen molar-refractivity contribution in [2.24, 2.45) is 0 Å². The average molecular weight is 244 g/mol. The van der Waals surface area contributed by atoms with E-state index in [9.17, 15) is 0 Å². The fourth-order valence-corrected chi connectivity index (χ4v) is 1.73. The molecule has 1 aliphatic heterocycles. The molecule has 94 valence electrons. The van der Waals surface area contributed by atoms with E-state index in [1.165, 1.54) is 0 Å². The van der Waals surface area contributed by atoms with Crippen LogP contribution in [0.25, 0.3) is 0 Å². The Balaban J connectivity index is 2.33. The highest BCUT2D eigenvalue weighted by Crippen LogP contribution is 2.36. The summed E-state index contributed by atoms with van der Waals surface area (Å²) in [6.07, 6.45) is 6.90. The molecule has 5 heteroatoms. The van der Waals surface area contributed by atoms with Crippen molar-refractivity contribution < 1.29 is 9.31 Å². The number of nitrogen functional groups attached to an aromatic ring is 1. The smallest absolute Gasteiger partial charge is 0.399 e. The van der Waals surface area contributed by atoms with Crippen LogP contribution in [0.15, 0.2) is 12.3 Å². The molecule has 0 unspecified atom stereocenters. The van der Waals surface area contributed by atoms with Crippen molar-refractivity contribution >= 4 is 18.3 Å². The van der Waals surface area contributed by atoms with E-state index in [2.05, 4.69) is 10.9 Å². The van der Waals surface area contributed by atoms with E-state index >= 15 is 0 Å². The zero-order valence-electron chi connectivity index (χ0n) is 11.2. The van der Waals surface area contributed by atoms with Gasteiger partial charge in [0.15, 0.2) is 0 Å². The van der Waals surface area contributed by atoms with E-state index in [0.717, 1.165) is 0 Å². The minimum Gasteiger partial charge on any atom is -0.399 e. The number of anilines is 1. The molecular formula is C13H17BN2O2. The summed E-state index contributed by atoms with van der Waals surface area (Å²) in [6, 6.07) is 1.65. The highest BCUT2D eigenvalue weighted by molar-refractivity contribution is 6.63. The lowest BCUT2D eigenvalue weighted by Gasteiger charge is -2.32. The molecule has 0 bridgehead atoms. The Kier molecular flexibility index (Phi) is 2.88. The van der Waals surface area contributed by atoms with E-state index in [1.807, 2.05) is 27.7 Å². The monoisotopic (exact) mass is 244 g/mol. The maximum atomic E-state index is 5.96. The van der Waals surface area contributed by atoms with Gasteiger partial charge in [0, 0.05) is 17.3 Å². The van der Waals surface area contributed by atoms with Gasteiger partial charge < -0.3 is 15.0 Å². The molecule has 0 aromatic carbocycles. The predicted octanol–water partition coefficient (Wildman–Crippen LogP) is 0.944. The fraction of sp³-hybridized carbons (Fsp3) is 0.462. The van der Waals surface area contributed by atoms with Crippen LogP contribution in [0.1, 0.15) is 33.4 Å². The lowest BCUT2D eigenvalue weighted by Crippen LogP contribution is -2.41. The van der Waals surface area contributed by atoms with Gasteiger partial charge in [0.1, 0.15) is 5.69 Å². The minimum atomic E-state index is -0.505. The number of aromatic nitrogens is 1. The molecule has 0 radical (unpaired) electrons. The maximum Gasteiger partial charge on any atom is 0.498 e. The predicted molar refractivity (Wildman–Crippen MR) is 72.3 cm³/mol. The molecule has 1 aromatic rings. The summed E-state index contributed by atoms with van der Waals surface area (Å²) in [5.41, 5.74) is 6.93. The summed E-state index contributed by atoms with van der Waals surface area (Å²) in [5.74, 6) is 2.45. The van der Waals surface area contributed by atoms with E-state index < -0.39 is 18.3 Å². The molecule has 4 nitrogen and oxygen atoms in total. The van der Waals surface area contributed by atoms with Crippen LogP contribution in [0.5, 0.6) is 0 Å². The SMILES string of the molecule is C#Cc1cc(N)c(B2OC(C)(C)C(C)(C)O2)cn1. The van der Waals surface area contributed by atoms with Crippen LogP contribution in [-0.2, 0) is 9.31 Å². The number of hydrogen-bond donors (Lipinski definition) is 1. The molecule has 0 spiro atoms. The summed E-state index contributed by atoms with van der Waals surface area (Å²) in [5, 5.41) is 0. The van der Waals surface area contributed by atoms with E-state index in [0.29, 0.717) is 16.8 Å². The van der Waals surface area contributed by atoms with Gasteiger partial charge in [-0.15, -0.1) is 6.42 Å². The first-order valence-electron chi connectivity index (χ1n) is 5.84. The molecule has 1 aliphatic rings. The van der Waals surface area contributed by atoms with Gasteiger partial charge in [-0.2, -0.15) is 0 Å². The van der Waals surface area contributed by atoms with Crippen molar-refractivity contribution in [1.82, 2.24) is 4.98 Å². The summed E-state index contributed by atoms with van der Waals surface area (Å²) in [4.78, 5) is 4.12. The topological polar surface area (TPSA) is 57.4 Å². The summed E-state index contributed by atoms with van der Waals surface area (Å²) in [6.45, 7) is 7.97. The Bertz CT molecular complexity index is 504. The molecule has 2 N–H and O–H groups in total. The van der Waals surface area contributed by atoms with Gasteiger partial charge in [-0.25, -0.2) is 4.98 Å². The lowest BCUT2D eigenvalue weighted by molar-refractivity contribution is 0.00578. The van der Waals surface area contributed by atoms with Crippen LogP contribution in [0, 0.1) is 12.3 Å². The number of nitrogens with two attached hydrogens (primary N) is 1. The van der Waals surface area contributed by atoms with Gasteiger partial charge in [0.2, 0.25) is 0 Å². The highest BCUT2D eigenvalue weighted by Gasteiger charge is 2.52. The zero-order valence-corrected chi connectivity index (χ0v) is 11.2. The number of terminal acetylenes is 1. The molecule has 0 amide bonds. The van der Waals surface area contributed by atoms with Crippen LogP contribution in [0.2, 0.25) is 0 Å². The second-order valence-corrected chi connectivity index (χ2v) is 5.43. The second kappa shape index (κ2) is 4.01. The third kappa shape index (κ3) is 1.98. The summed E-state index contributed by atoms with van der Waals surface area (Å²) < 4.78 is 11.8. The van der Waals surface area contributed by atoms with E-state index in [-0.39, 0.29) is 0 Å². The van der Waals surface area contributed by atoms with E-state index in [1.54, 1.807) is 12.3 Å². The van der Waals surface area contributed by atoms with Crippen LogP contribution < -0.4 is 11.2 Å². The standard InChI is InChI=1S/C13H17BN2O2/c1-6-9-7-11(15)10(8-16-9)14-17-12(2,3)13(4,5)18-14/h1,7-8H,2-5H3,(H2,15,16). The average Bonchev–Trinajstić information content (AvgIpc) is 2.47. The Morgan fingerprint density at radius 1 is 1.28 bits per heavy atom. The van der Waals surface area contributed by atoms with Gasteiger partial charge in [0.05, 0.1) is 11.2 Å². The molecule has 2 heterocycles. The van der Waals surface area contributed by atoms with E-state index in [4.69, 9.17) is 21.5 Å². The lowest BCUT2D eigenvalue weighted by atomic mass is 9.79. The van der Waals surface area contributed by atoms with Crippen LogP contribution in [-0.4, -0.2) is 23.3 Å². The summed E-state index contributed by atoms with van der Waals surface area (Å²) in [7, 11) is -0.505. The van der Waals surface area contributed by atoms with Crippen molar-refractivity contribution in [3.63, 3.8) is 0 Å². The molecule has 0 atom stereocenters.